The van der Waals surface area contributed by atoms with Gasteiger partial charge in [-0.15, -0.1) is 0 Å². The molecule has 0 spiro atoms. The Morgan fingerprint density at radius 1 is 1.09 bits per heavy atom. The molecule has 120 valence electrons. The molecule has 1 rings (SSSR count). The highest BCUT2D eigenvalue weighted by molar-refractivity contribution is 5.88. The van der Waals surface area contributed by atoms with E-state index in [-0.39, 0.29) is 0 Å². The Hall–Kier alpha value is -2.65. The summed E-state index contributed by atoms with van der Waals surface area (Å²) in [6, 6.07) is 5.83. The topological polar surface area (TPSA) is 154 Å². The fourth-order valence-electron chi connectivity index (χ4n) is 1.58. The SMILES string of the molecule is CC(O)[C@H](NC(=O)NNC(=O)[C@@H](O)c1ccccc1)C(N)=O. The predicted molar refractivity (Wildman–Crippen MR) is 75.9 cm³/mol. The van der Waals surface area contributed by atoms with Crippen molar-refractivity contribution in [2.45, 2.75) is 25.2 Å². The summed E-state index contributed by atoms with van der Waals surface area (Å²) in [6.07, 6.45) is -2.67. The number of hydrogen-bond donors (Lipinski definition) is 6. The molecule has 0 aliphatic carbocycles. The van der Waals surface area contributed by atoms with Crippen LogP contribution in [0.15, 0.2) is 30.3 Å². The summed E-state index contributed by atoms with van der Waals surface area (Å²) < 4.78 is 0. The van der Waals surface area contributed by atoms with Gasteiger partial charge in [-0.05, 0) is 12.5 Å². The van der Waals surface area contributed by atoms with Gasteiger partial charge in [0.2, 0.25) is 5.91 Å². The molecular formula is C13H18N4O5. The molecule has 0 fully saturated rings. The lowest BCUT2D eigenvalue weighted by molar-refractivity contribution is -0.130. The standard InChI is InChI=1S/C13H18N4O5/c1-7(18)9(11(14)20)15-13(22)17-16-12(21)10(19)8-5-3-2-4-6-8/h2-7,9-10,18-19H,1H3,(H2,14,20)(H,16,21)(H2,15,17,22)/t7?,9-,10-/m0/s1. The van der Waals surface area contributed by atoms with Crippen molar-refractivity contribution in [3.8, 4) is 0 Å². The molecule has 0 heterocycles. The molecule has 7 N–H and O–H groups in total. The maximum absolute atomic E-state index is 11.7. The van der Waals surface area contributed by atoms with Crippen molar-refractivity contribution in [2.24, 2.45) is 5.73 Å². The number of carbonyl (C=O) groups excluding carboxylic acids is 3. The van der Waals surface area contributed by atoms with Gasteiger partial charge in [-0.25, -0.2) is 10.2 Å². The molecule has 1 unspecified atom stereocenters. The van der Waals surface area contributed by atoms with Gasteiger partial charge in [-0.2, -0.15) is 0 Å². The molecule has 1 aromatic carbocycles. The van der Waals surface area contributed by atoms with Crippen molar-refractivity contribution in [2.75, 3.05) is 0 Å². The first-order chi connectivity index (χ1) is 10.3. The molecule has 4 amide bonds. The van der Waals surface area contributed by atoms with Crippen LogP contribution in [0.1, 0.15) is 18.6 Å². The van der Waals surface area contributed by atoms with Crippen molar-refractivity contribution >= 4 is 17.8 Å². The number of amides is 4. The predicted octanol–water partition coefficient (Wildman–Crippen LogP) is -1.71. The summed E-state index contributed by atoms with van der Waals surface area (Å²) in [5.41, 5.74) is 9.27. The molecule has 22 heavy (non-hydrogen) atoms. The number of nitrogens with one attached hydrogen (secondary N) is 3. The van der Waals surface area contributed by atoms with E-state index in [9.17, 15) is 24.6 Å². The Morgan fingerprint density at radius 3 is 2.18 bits per heavy atom. The van der Waals surface area contributed by atoms with E-state index in [4.69, 9.17) is 5.73 Å². The van der Waals surface area contributed by atoms with E-state index in [1.165, 1.54) is 6.92 Å². The smallest absolute Gasteiger partial charge is 0.334 e. The second-order valence-corrected chi connectivity index (χ2v) is 4.52. The highest BCUT2D eigenvalue weighted by Gasteiger charge is 2.24. The fourth-order valence-corrected chi connectivity index (χ4v) is 1.58. The summed E-state index contributed by atoms with van der Waals surface area (Å²) >= 11 is 0. The zero-order valence-corrected chi connectivity index (χ0v) is 11.8. The molecule has 3 atom stereocenters. The maximum atomic E-state index is 11.7. The summed E-state index contributed by atoms with van der Waals surface area (Å²) in [6.45, 7) is 1.27. The molecule has 0 saturated heterocycles. The van der Waals surface area contributed by atoms with Crippen LogP contribution in [0.25, 0.3) is 0 Å². The van der Waals surface area contributed by atoms with Crippen molar-refractivity contribution in [3.63, 3.8) is 0 Å². The zero-order chi connectivity index (χ0) is 16.7. The quantitative estimate of drug-likeness (QED) is 0.357. The van der Waals surface area contributed by atoms with E-state index in [0.29, 0.717) is 5.56 Å². The van der Waals surface area contributed by atoms with Gasteiger partial charge in [0.1, 0.15) is 6.04 Å². The summed E-state index contributed by atoms with van der Waals surface area (Å²) in [5.74, 6) is -1.80. The van der Waals surface area contributed by atoms with Crippen LogP contribution in [0.2, 0.25) is 0 Å². The number of aliphatic hydroxyl groups is 2. The number of carbonyl (C=O) groups is 3. The molecule has 9 heteroatoms. The highest BCUT2D eigenvalue weighted by atomic mass is 16.3. The van der Waals surface area contributed by atoms with Crippen LogP contribution < -0.4 is 21.9 Å². The lowest BCUT2D eigenvalue weighted by atomic mass is 10.1. The number of rotatable bonds is 5. The fraction of sp³-hybridized carbons (Fsp3) is 0.308. The van der Waals surface area contributed by atoms with Gasteiger partial charge in [0.05, 0.1) is 6.10 Å². The summed E-state index contributed by atoms with van der Waals surface area (Å²) in [7, 11) is 0. The lowest BCUT2D eigenvalue weighted by Crippen LogP contribution is -2.56. The number of primary amides is 1. The number of hydrogen-bond acceptors (Lipinski definition) is 5. The molecule has 0 aliphatic rings. The molecule has 0 saturated carbocycles. The Morgan fingerprint density at radius 2 is 1.68 bits per heavy atom. The molecule has 0 aliphatic heterocycles. The molecule has 0 bridgehead atoms. The minimum absolute atomic E-state index is 0.348. The maximum Gasteiger partial charge on any atom is 0.334 e. The van der Waals surface area contributed by atoms with E-state index in [1.54, 1.807) is 30.3 Å². The van der Waals surface area contributed by atoms with E-state index in [0.717, 1.165) is 0 Å². The van der Waals surface area contributed by atoms with Gasteiger partial charge in [-0.1, -0.05) is 30.3 Å². The molecule has 0 radical (unpaired) electrons. The van der Waals surface area contributed by atoms with Crippen LogP contribution in [0.5, 0.6) is 0 Å². The third-order valence-corrected chi connectivity index (χ3v) is 2.74. The average molecular weight is 310 g/mol. The van der Waals surface area contributed by atoms with Gasteiger partial charge < -0.3 is 21.3 Å². The van der Waals surface area contributed by atoms with E-state index < -0.39 is 36.1 Å². The summed E-state index contributed by atoms with van der Waals surface area (Å²) in [4.78, 5) is 34.1. The Bertz CT molecular complexity index is 534. The van der Waals surface area contributed by atoms with Crippen molar-refractivity contribution in [1.29, 1.82) is 0 Å². The molecular weight excluding hydrogens is 292 g/mol. The minimum atomic E-state index is -1.47. The number of urea groups is 1. The lowest BCUT2D eigenvalue weighted by Gasteiger charge is -2.19. The minimum Gasteiger partial charge on any atom is -0.391 e. The van der Waals surface area contributed by atoms with Gasteiger partial charge >= 0.3 is 6.03 Å². The number of aliphatic hydroxyl groups excluding tert-OH is 2. The van der Waals surface area contributed by atoms with Gasteiger partial charge in [0.25, 0.3) is 5.91 Å². The number of nitrogens with two attached hydrogens (primary N) is 1. The Labute approximate surface area is 126 Å². The highest BCUT2D eigenvalue weighted by Crippen LogP contribution is 2.11. The van der Waals surface area contributed by atoms with Crippen LogP contribution in [-0.2, 0) is 9.59 Å². The molecule has 0 aromatic heterocycles. The average Bonchev–Trinajstić information content (AvgIpc) is 2.49. The van der Waals surface area contributed by atoms with Crippen LogP contribution in [0, 0.1) is 0 Å². The third kappa shape index (κ3) is 5.04. The van der Waals surface area contributed by atoms with E-state index in [2.05, 4.69) is 5.32 Å². The first-order valence-corrected chi connectivity index (χ1v) is 6.39. The third-order valence-electron chi connectivity index (χ3n) is 2.74. The first kappa shape index (κ1) is 17.4. The Kier molecular flexibility index (Phi) is 6.29. The van der Waals surface area contributed by atoms with Crippen molar-refractivity contribution in [3.05, 3.63) is 35.9 Å². The molecule has 1 aromatic rings. The second kappa shape index (κ2) is 7.96. The van der Waals surface area contributed by atoms with E-state index in [1.807, 2.05) is 10.9 Å². The summed E-state index contributed by atoms with van der Waals surface area (Å²) in [5, 5.41) is 21.1. The molecule has 9 nitrogen and oxygen atoms in total. The normalized spacial score (nSPS) is 14.3. The second-order valence-electron chi connectivity index (χ2n) is 4.52. The van der Waals surface area contributed by atoms with Crippen LogP contribution in [0.3, 0.4) is 0 Å². The van der Waals surface area contributed by atoms with Crippen molar-refractivity contribution in [1.82, 2.24) is 16.2 Å². The van der Waals surface area contributed by atoms with E-state index >= 15 is 0 Å². The number of benzene rings is 1. The Balaban J connectivity index is 2.50. The van der Waals surface area contributed by atoms with Gasteiger partial charge in [0, 0.05) is 0 Å². The van der Waals surface area contributed by atoms with Crippen molar-refractivity contribution < 1.29 is 24.6 Å². The van der Waals surface area contributed by atoms with Gasteiger partial charge in [-0.3, -0.25) is 15.0 Å². The van der Waals surface area contributed by atoms with Crippen LogP contribution in [0.4, 0.5) is 4.79 Å². The van der Waals surface area contributed by atoms with Crippen LogP contribution >= 0.6 is 0 Å². The number of hydrazine groups is 1. The van der Waals surface area contributed by atoms with Crippen LogP contribution in [-0.4, -0.2) is 40.2 Å². The first-order valence-electron chi connectivity index (χ1n) is 6.39. The largest absolute Gasteiger partial charge is 0.391 e. The van der Waals surface area contributed by atoms with Gasteiger partial charge in [0.15, 0.2) is 6.10 Å². The zero-order valence-electron chi connectivity index (χ0n) is 11.8. The monoisotopic (exact) mass is 310 g/mol.